The average Bonchev–Trinajstić information content (AvgIpc) is 3.09. The van der Waals surface area contributed by atoms with E-state index in [1.807, 2.05) is 13.8 Å². The van der Waals surface area contributed by atoms with E-state index in [1.165, 1.54) is 0 Å². The quantitative estimate of drug-likeness (QED) is 0.641. The summed E-state index contributed by atoms with van der Waals surface area (Å²) < 4.78 is 29.7. The van der Waals surface area contributed by atoms with Crippen molar-refractivity contribution < 1.29 is 28.6 Å². The Balaban J connectivity index is 1.63. The number of ether oxygens (including phenoxy) is 2. The van der Waals surface area contributed by atoms with Gasteiger partial charge in [-0.25, -0.2) is 4.39 Å². The Hall–Kier alpha value is -0.820. The summed E-state index contributed by atoms with van der Waals surface area (Å²) in [5.74, 6) is -2.02. The van der Waals surface area contributed by atoms with Crippen molar-refractivity contribution >= 4 is 23.2 Å². The topological polar surface area (TPSA) is 72.8 Å². The Morgan fingerprint density at radius 1 is 1.26 bits per heavy atom. The van der Waals surface area contributed by atoms with E-state index < -0.39 is 46.0 Å². The molecule has 172 valence electrons. The van der Waals surface area contributed by atoms with Crippen LogP contribution in [0.15, 0.2) is 11.6 Å². The van der Waals surface area contributed by atoms with E-state index in [1.54, 1.807) is 19.9 Å². The number of hydrogen-bond acceptors (Lipinski definition) is 5. The predicted octanol–water partition coefficient (Wildman–Crippen LogP) is 3.89. The number of Topliss-reactive ketones (excluding diaryl/α,β-unsaturated/α-hetero) is 1. The number of halogens is 2. The van der Waals surface area contributed by atoms with Crippen LogP contribution < -0.4 is 0 Å². The minimum Gasteiger partial charge on any atom is -0.390 e. The second kappa shape index (κ2) is 6.40. The molecule has 31 heavy (non-hydrogen) atoms. The SMILES string of the molecule is CC1(C)O[C@@H]2C[C@H]3[C@@H]4CCC5=CC(=O)CC[C@]5(C)[C@@]4(F)[C@H](O)C[C@@]3(C)[C@]2(C(=O)CCl)O1. The van der Waals surface area contributed by atoms with Crippen LogP contribution in [0.25, 0.3) is 0 Å². The summed E-state index contributed by atoms with van der Waals surface area (Å²) in [6.45, 7) is 7.38. The standard InChI is InChI=1S/C24H32ClFO5/c1-20(2)30-19-10-16-15-6-5-13-9-14(27)7-8-21(13,3)23(15,26)17(28)11-22(16,4)24(19,31-20)18(29)12-25/h9,15-17,19,28H,5-8,10-12H2,1-4H3/t15-,16-,17+,19+,21-,22+,23-,24+/m0/s1. The van der Waals surface area contributed by atoms with Gasteiger partial charge >= 0.3 is 0 Å². The Morgan fingerprint density at radius 3 is 2.65 bits per heavy atom. The van der Waals surface area contributed by atoms with Crippen LogP contribution >= 0.6 is 11.6 Å². The third kappa shape index (κ3) is 2.43. The van der Waals surface area contributed by atoms with Crippen molar-refractivity contribution in [3.05, 3.63) is 11.6 Å². The lowest BCUT2D eigenvalue weighted by Gasteiger charge is -2.63. The Bertz CT molecular complexity index is 887. The number of rotatable bonds is 2. The van der Waals surface area contributed by atoms with E-state index in [-0.39, 0.29) is 29.8 Å². The molecule has 0 bridgehead atoms. The van der Waals surface area contributed by atoms with E-state index in [4.69, 9.17) is 21.1 Å². The van der Waals surface area contributed by atoms with Crippen molar-refractivity contribution in [3.63, 3.8) is 0 Å². The van der Waals surface area contributed by atoms with E-state index >= 15 is 4.39 Å². The van der Waals surface area contributed by atoms with Crippen molar-refractivity contribution in [2.24, 2.45) is 22.7 Å². The number of allylic oxidation sites excluding steroid dienone is 1. The predicted molar refractivity (Wildman–Crippen MR) is 112 cm³/mol. The van der Waals surface area contributed by atoms with Crippen LogP contribution in [0, 0.1) is 22.7 Å². The normalized spacial score (nSPS) is 52.6. The Kier molecular flexibility index (Phi) is 4.54. The second-order valence-corrected chi connectivity index (χ2v) is 11.5. The number of aliphatic hydroxyl groups is 1. The van der Waals surface area contributed by atoms with Crippen molar-refractivity contribution in [2.75, 3.05) is 5.88 Å². The minimum atomic E-state index is -1.86. The van der Waals surface area contributed by atoms with Crippen LogP contribution in [0.5, 0.6) is 0 Å². The summed E-state index contributed by atoms with van der Waals surface area (Å²) >= 11 is 6.05. The van der Waals surface area contributed by atoms with Gasteiger partial charge in [-0.05, 0) is 57.9 Å². The fourth-order valence-corrected chi connectivity index (χ4v) is 8.47. The van der Waals surface area contributed by atoms with Gasteiger partial charge in [0, 0.05) is 23.2 Å². The maximum absolute atomic E-state index is 17.2. The molecule has 5 nitrogen and oxygen atoms in total. The van der Waals surface area contributed by atoms with Gasteiger partial charge in [0.1, 0.15) is 5.67 Å². The highest BCUT2D eigenvalue weighted by molar-refractivity contribution is 6.29. The number of carbonyl (C=O) groups excluding carboxylic acids is 2. The van der Waals surface area contributed by atoms with Gasteiger partial charge in [0.25, 0.3) is 0 Å². The summed E-state index contributed by atoms with van der Waals surface area (Å²) in [6.07, 6.45) is 2.28. The van der Waals surface area contributed by atoms with Gasteiger partial charge in [-0.3, -0.25) is 9.59 Å². The minimum absolute atomic E-state index is 0.0377. The molecule has 4 aliphatic carbocycles. The first-order chi connectivity index (χ1) is 14.4. The van der Waals surface area contributed by atoms with Gasteiger partial charge in [0.15, 0.2) is 23.0 Å². The average molecular weight is 455 g/mol. The molecule has 0 spiro atoms. The maximum atomic E-state index is 17.2. The Labute approximate surface area is 187 Å². The highest BCUT2D eigenvalue weighted by Gasteiger charge is 2.80. The number of ketones is 2. The van der Waals surface area contributed by atoms with Crippen molar-refractivity contribution in [2.45, 2.75) is 95.5 Å². The molecule has 1 N–H and O–H groups in total. The zero-order valence-corrected chi connectivity index (χ0v) is 19.4. The lowest BCUT2D eigenvalue weighted by molar-refractivity contribution is -0.250. The number of aliphatic hydroxyl groups excluding tert-OH is 1. The molecular formula is C24H32ClFO5. The maximum Gasteiger partial charge on any atom is 0.182 e. The summed E-state index contributed by atoms with van der Waals surface area (Å²) in [5.41, 5.74) is -4.00. The van der Waals surface area contributed by atoms with E-state index in [0.717, 1.165) is 5.57 Å². The largest absolute Gasteiger partial charge is 0.390 e. The molecule has 3 saturated carbocycles. The zero-order valence-electron chi connectivity index (χ0n) is 18.7. The number of alkyl halides is 2. The smallest absolute Gasteiger partial charge is 0.182 e. The first-order valence-corrected chi connectivity index (χ1v) is 12.0. The lowest BCUT2D eigenvalue weighted by Crippen LogP contribution is -2.70. The fourth-order valence-electron chi connectivity index (χ4n) is 8.27. The number of hydrogen-bond donors (Lipinski definition) is 1. The van der Waals surface area contributed by atoms with E-state index in [9.17, 15) is 14.7 Å². The molecule has 0 radical (unpaired) electrons. The van der Waals surface area contributed by atoms with Gasteiger partial charge in [-0.2, -0.15) is 0 Å². The molecule has 1 saturated heterocycles. The molecule has 0 aromatic rings. The van der Waals surface area contributed by atoms with Crippen LogP contribution in [0.2, 0.25) is 0 Å². The van der Waals surface area contributed by atoms with Crippen LogP contribution in [0.1, 0.15) is 66.2 Å². The van der Waals surface area contributed by atoms with Crippen LogP contribution in [-0.4, -0.2) is 51.8 Å². The van der Waals surface area contributed by atoms with Crippen molar-refractivity contribution in [1.29, 1.82) is 0 Å². The zero-order chi connectivity index (χ0) is 22.6. The van der Waals surface area contributed by atoms with Crippen LogP contribution in [0.4, 0.5) is 4.39 Å². The molecule has 0 amide bonds. The first kappa shape index (κ1) is 22.0. The van der Waals surface area contributed by atoms with Gasteiger partial charge in [-0.15, -0.1) is 11.6 Å². The molecular weight excluding hydrogens is 423 g/mol. The molecule has 7 heteroatoms. The number of fused-ring (bicyclic) bond motifs is 7. The van der Waals surface area contributed by atoms with Gasteiger partial charge in [0.2, 0.25) is 0 Å². The molecule has 5 aliphatic rings. The molecule has 5 rings (SSSR count). The highest BCUT2D eigenvalue weighted by atomic mass is 35.5. The molecule has 0 unspecified atom stereocenters. The lowest BCUT2D eigenvalue weighted by atomic mass is 9.44. The van der Waals surface area contributed by atoms with Crippen LogP contribution in [0.3, 0.4) is 0 Å². The second-order valence-electron chi connectivity index (χ2n) is 11.3. The molecule has 1 aliphatic heterocycles. The summed E-state index contributed by atoms with van der Waals surface area (Å²) in [5, 5.41) is 11.4. The first-order valence-electron chi connectivity index (χ1n) is 11.4. The summed E-state index contributed by atoms with van der Waals surface area (Å²) in [7, 11) is 0. The third-order valence-corrected chi connectivity index (χ3v) is 9.81. The van der Waals surface area contributed by atoms with Crippen LogP contribution in [-0.2, 0) is 19.1 Å². The monoisotopic (exact) mass is 454 g/mol. The fraction of sp³-hybridized carbons (Fsp3) is 0.833. The molecule has 4 fully saturated rings. The molecule has 8 atom stereocenters. The molecule has 1 heterocycles. The van der Waals surface area contributed by atoms with Crippen molar-refractivity contribution in [1.82, 2.24) is 0 Å². The summed E-state index contributed by atoms with van der Waals surface area (Å²) in [6, 6.07) is 0. The number of carbonyl (C=O) groups is 2. The summed E-state index contributed by atoms with van der Waals surface area (Å²) in [4.78, 5) is 25.3. The van der Waals surface area contributed by atoms with E-state index in [0.29, 0.717) is 32.1 Å². The Morgan fingerprint density at radius 2 is 1.97 bits per heavy atom. The van der Waals surface area contributed by atoms with Gasteiger partial charge in [0.05, 0.1) is 18.1 Å². The van der Waals surface area contributed by atoms with Crippen molar-refractivity contribution in [3.8, 4) is 0 Å². The van der Waals surface area contributed by atoms with E-state index in [2.05, 4.69) is 0 Å². The molecule has 0 aromatic carbocycles. The van der Waals surface area contributed by atoms with Gasteiger partial charge in [-0.1, -0.05) is 19.4 Å². The highest BCUT2D eigenvalue weighted by Crippen LogP contribution is 2.72. The third-order valence-electron chi connectivity index (χ3n) is 9.57. The van der Waals surface area contributed by atoms with Gasteiger partial charge < -0.3 is 14.6 Å². The molecule has 0 aromatic heterocycles.